The summed E-state index contributed by atoms with van der Waals surface area (Å²) in [6, 6.07) is -3.98. The summed E-state index contributed by atoms with van der Waals surface area (Å²) < 4.78 is 0. The molecule has 1 saturated heterocycles. The van der Waals surface area contributed by atoms with Gasteiger partial charge in [-0.25, -0.2) is 9.78 Å². The van der Waals surface area contributed by atoms with Crippen molar-refractivity contribution in [3.8, 4) is 0 Å². The fraction of sp³-hybridized carbons (Fsp3) is 0.667. The Morgan fingerprint density at radius 3 is 2.33 bits per heavy atom. The van der Waals surface area contributed by atoms with E-state index in [0.29, 0.717) is 18.7 Å². The molecule has 0 aromatic carbocycles. The molecule has 12 heteroatoms. The number of aliphatic carboxylic acids is 1. The maximum atomic E-state index is 12.9. The maximum Gasteiger partial charge on any atom is 0.326 e. The molecule has 5 unspecified atom stereocenters. The molecule has 1 aliphatic rings. The highest BCUT2D eigenvalue weighted by Crippen LogP contribution is 2.09. The number of carbonyl (C=O) groups excluding carboxylic acids is 3. The van der Waals surface area contributed by atoms with Gasteiger partial charge in [-0.15, -0.1) is 0 Å². The molecule has 2 heterocycles. The van der Waals surface area contributed by atoms with Crippen LogP contribution in [-0.4, -0.2) is 80.7 Å². The van der Waals surface area contributed by atoms with Crippen LogP contribution in [0.2, 0.25) is 0 Å². The zero-order valence-corrected chi connectivity index (χ0v) is 19.1. The predicted molar refractivity (Wildman–Crippen MR) is 118 cm³/mol. The molecule has 1 aliphatic heterocycles. The monoisotopic (exact) mass is 466 g/mol. The van der Waals surface area contributed by atoms with E-state index in [9.17, 15) is 29.4 Å². The van der Waals surface area contributed by atoms with E-state index < -0.39 is 54.0 Å². The van der Waals surface area contributed by atoms with Crippen molar-refractivity contribution in [2.75, 3.05) is 6.54 Å². The number of H-pyrrole nitrogens is 1. The van der Waals surface area contributed by atoms with Gasteiger partial charge in [0.05, 0.1) is 18.5 Å². The highest BCUT2D eigenvalue weighted by Gasteiger charge is 2.33. The van der Waals surface area contributed by atoms with E-state index >= 15 is 0 Å². The third-order valence-electron chi connectivity index (χ3n) is 5.37. The van der Waals surface area contributed by atoms with E-state index in [2.05, 4.69) is 31.2 Å². The van der Waals surface area contributed by atoms with Crippen LogP contribution in [0, 0.1) is 5.92 Å². The lowest BCUT2D eigenvalue weighted by Gasteiger charge is -2.27. The Bertz CT molecular complexity index is 806. The number of nitrogens with zero attached hydrogens (tertiary/aromatic N) is 1. The summed E-state index contributed by atoms with van der Waals surface area (Å²) in [6.45, 7) is 5.77. The van der Waals surface area contributed by atoms with Crippen LogP contribution in [-0.2, 0) is 25.6 Å². The number of nitrogens with one attached hydrogen (secondary N) is 5. The van der Waals surface area contributed by atoms with E-state index in [-0.39, 0.29) is 18.8 Å². The van der Waals surface area contributed by atoms with Crippen molar-refractivity contribution in [2.45, 2.75) is 76.7 Å². The Morgan fingerprint density at radius 2 is 1.82 bits per heavy atom. The van der Waals surface area contributed by atoms with Gasteiger partial charge in [0.1, 0.15) is 18.1 Å². The van der Waals surface area contributed by atoms with Gasteiger partial charge in [-0.05, 0) is 38.6 Å². The van der Waals surface area contributed by atoms with E-state index in [1.807, 2.05) is 13.8 Å². The van der Waals surface area contributed by atoms with Gasteiger partial charge in [0.25, 0.3) is 0 Å². The van der Waals surface area contributed by atoms with E-state index in [1.165, 1.54) is 19.4 Å². The number of carboxylic acid groups (broad SMARTS) is 1. The molecular weight excluding hydrogens is 432 g/mol. The van der Waals surface area contributed by atoms with Crippen molar-refractivity contribution in [3.63, 3.8) is 0 Å². The van der Waals surface area contributed by atoms with Crippen LogP contribution in [0.1, 0.15) is 45.7 Å². The summed E-state index contributed by atoms with van der Waals surface area (Å²) in [5, 5.41) is 30.2. The molecule has 12 nitrogen and oxygen atoms in total. The second-order valence-corrected chi connectivity index (χ2v) is 8.75. The number of amides is 3. The van der Waals surface area contributed by atoms with Crippen LogP contribution in [0.5, 0.6) is 0 Å². The summed E-state index contributed by atoms with van der Waals surface area (Å²) in [5.74, 6) is -3.02. The number of hydrogen-bond acceptors (Lipinski definition) is 7. The molecule has 0 aliphatic carbocycles. The molecule has 5 atom stereocenters. The number of aliphatic hydroxyl groups excluding tert-OH is 1. The van der Waals surface area contributed by atoms with Gasteiger partial charge in [-0.2, -0.15) is 0 Å². The van der Waals surface area contributed by atoms with Gasteiger partial charge in [0.2, 0.25) is 17.7 Å². The number of imidazole rings is 1. The SMILES string of the molecule is CC(C)CC(NC(=O)C(NC(=O)C1CCCN1)C(C)O)C(=O)NC(Cc1cnc[nH]1)C(=O)O. The summed E-state index contributed by atoms with van der Waals surface area (Å²) in [7, 11) is 0. The molecule has 0 bridgehead atoms. The zero-order chi connectivity index (χ0) is 24.5. The lowest BCUT2D eigenvalue weighted by Crippen LogP contribution is -2.60. The lowest BCUT2D eigenvalue weighted by atomic mass is 10.0. The van der Waals surface area contributed by atoms with Crippen LogP contribution in [0.25, 0.3) is 0 Å². The zero-order valence-electron chi connectivity index (χ0n) is 19.1. The topological polar surface area (TPSA) is 186 Å². The number of aromatic amines is 1. The molecule has 1 fully saturated rings. The maximum absolute atomic E-state index is 12.9. The average Bonchev–Trinajstić information content (AvgIpc) is 3.44. The van der Waals surface area contributed by atoms with Crippen LogP contribution in [0.15, 0.2) is 12.5 Å². The average molecular weight is 467 g/mol. The first-order valence-corrected chi connectivity index (χ1v) is 11.1. The van der Waals surface area contributed by atoms with Crippen LogP contribution in [0.3, 0.4) is 0 Å². The van der Waals surface area contributed by atoms with Crippen molar-refractivity contribution >= 4 is 23.7 Å². The number of hydrogen-bond donors (Lipinski definition) is 7. The Morgan fingerprint density at radius 1 is 1.12 bits per heavy atom. The third-order valence-corrected chi connectivity index (χ3v) is 5.37. The summed E-state index contributed by atoms with van der Waals surface area (Å²) in [6.07, 6.45) is 3.36. The largest absolute Gasteiger partial charge is 0.480 e. The molecule has 0 radical (unpaired) electrons. The van der Waals surface area contributed by atoms with Crippen molar-refractivity contribution in [1.82, 2.24) is 31.2 Å². The molecule has 1 aromatic heterocycles. The molecule has 0 spiro atoms. The van der Waals surface area contributed by atoms with E-state index in [1.54, 1.807) is 0 Å². The van der Waals surface area contributed by atoms with Crippen LogP contribution >= 0.6 is 0 Å². The molecule has 0 saturated carbocycles. The Kier molecular flexibility index (Phi) is 9.79. The van der Waals surface area contributed by atoms with Gasteiger partial charge in [0, 0.05) is 18.3 Å². The smallest absolute Gasteiger partial charge is 0.326 e. The quantitative estimate of drug-likeness (QED) is 0.197. The van der Waals surface area contributed by atoms with Crippen molar-refractivity contribution in [3.05, 3.63) is 18.2 Å². The number of carboxylic acids is 1. The van der Waals surface area contributed by atoms with Crippen LogP contribution in [0.4, 0.5) is 0 Å². The minimum Gasteiger partial charge on any atom is -0.480 e. The number of rotatable bonds is 12. The molecule has 1 aromatic rings. The molecule has 184 valence electrons. The minimum absolute atomic E-state index is 0.000727. The number of aliphatic hydroxyl groups is 1. The van der Waals surface area contributed by atoms with Gasteiger partial charge in [-0.1, -0.05) is 13.8 Å². The van der Waals surface area contributed by atoms with Crippen molar-refractivity contribution in [1.29, 1.82) is 0 Å². The molecule has 7 N–H and O–H groups in total. The van der Waals surface area contributed by atoms with E-state index in [0.717, 1.165) is 6.42 Å². The lowest BCUT2D eigenvalue weighted by molar-refractivity contribution is -0.142. The molecular formula is C21H34N6O6. The highest BCUT2D eigenvalue weighted by molar-refractivity contribution is 5.94. The van der Waals surface area contributed by atoms with Crippen molar-refractivity contribution in [2.24, 2.45) is 5.92 Å². The third kappa shape index (κ3) is 8.13. The first kappa shape index (κ1) is 26.3. The van der Waals surface area contributed by atoms with Crippen molar-refractivity contribution < 1.29 is 29.4 Å². The number of carbonyl (C=O) groups is 4. The van der Waals surface area contributed by atoms with Gasteiger partial charge in [0.15, 0.2) is 0 Å². The first-order valence-electron chi connectivity index (χ1n) is 11.1. The fourth-order valence-corrected chi connectivity index (χ4v) is 3.62. The summed E-state index contributed by atoms with van der Waals surface area (Å²) in [5.41, 5.74) is 0.532. The second-order valence-electron chi connectivity index (χ2n) is 8.75. The standard InChI is InChI=1S/C21H34N6O6/c1-11(2)7-15(19(30)26-16(21(32)33)8-13-9-22-10-24-13)25-20(31)17(12(3)28)27-18(29)14-5-4-6-23-14/h9-12,14-17,23,28H,4-8H2,1-3H3,(H,22,24)(H,25,31)(H,26,30)(H,27,29)(H,32,33). The normalized spacial score (nSPS) is 19.4. The van der Waals surface area contributed by atoms with Gasteiger partial charge in [-0.3, -0.25) is 14.4 Å². The fourth-order valence-electron chi connectivity index (χ4n) is 3.62. The van der Waals surface area contributed by atoms with E-state index in [4.69, 9.17) is 0 Å². The first-order chi connectivity index (χ1) is 15.6. The Labute approximate surface area is 192 Å². The van der Waals surface area contributed by atoms with Gasteiger partial charge >= 0.3 is 5.97 Å². The molecule has 3 amide bonds. The predicted octanol–water partition coefficient (Wildman–Crippen LogP) is -1.33. The molecule has 33 heavy (non-hydrogen) atoms. The summed E-state index contributed by atoms with van der Waals surface area (Å²) in [4.78, 5) is 56.5. The Balaban J connectivity index is 2.07. The highest BCUT2D eigenvalue weighted by atomic mass is 16.4. The number of aromatic nitrogens is 2. The minimum atomic E-state index is -1.26. The van der Waals surface area contributed by atoms with Gasteiger partial charge < -0.3 is 36.5 Å². The van der Waals surface area contributed by atoms with Crippen LogP contribution < -0.4 is 21.3 Å². The molecule has 2 rings (SSSR count). The summed E-state index contributed by atoms with van der Waals surface area (Å²) >= 11 is 0. The Hall–Kier alpha value is -2.99. The second kappa shape index (κ2) is 12.3.